The molecule has 1 aromatic carbocycles. The zero-order chi connectivity index (χ0) is 21.6. The largest absolute Gasteiger partial charge is 0.444 e. The molecule has 1 aliphatic rings. The van der Waals surface area contributed by atoms with Gasteiger partial charge in [-0.25, -0.2) is 9.78 Å². The Balaban J connectivity index is 0.00000341. The zero-order valence-electron chi connectivity index (χ0n) is 18.9. The zero-order valence-corrected chi connectivity index (χ0v) is 21.2. The predicted octanol–water partition coefficient (Wildman–Crippen LogP) is 3.68. The molecule has 3 rings (SSSR count). The number of likely N-dealkylation sites (tertiary alicyclic amines) is 1. The van der Waals surface area contributed by atoms with E-state index in [1.165, 1.54) is 0 Å². The summed E-state index contributed by atoms with van der Waals surface area (Å²) in [6.45, 7) is 10.8. The summed E-state index contributed by atoms with van der Waals surface area (Å²) in [5.41, 5.74) is 1.59. The summed E-state index contributed by atoms with van der Waals surface area (Å²) >= 11 is 0. The van der Waals surface area contributed by atoms with Gasteiger partial charge in [0.1, 0.15) is 11.4 Å². The molecule has 0 bridgehead atoms. The number of aliphatic imine (C=N–C) groups is 1. The Hall–Kier alpha value is -2.04. The van der Waals surface area contributed by atoms with E-state index >= 15 is 0 Å². The van der Waals surface area contributed by atoms with Crippen molar-refractivity contribution in [3.63, 3.8) is 0 Å². The van der Waals surface area contributed by atoms with Crippen LogP contribution in [0.3, 0.4) is 0 Å². The summed E-state index contributed by atoms with van der Waals surface area (Å²) < 4.78 is 5.36. The van der Waals surface area contributed by atoms with Crippen LogP contribution in [0.25, 0.3) is 11.0 Å². The van der Waals surface area contributed by atoms with E-state index in [2.05, 4.69) is 32.4 Å². The van der Waals surface area contributed by atoms with Gasteiger partial charge < -0.3 is 25.3 Å². The molecular formula is C22H35IN6O2. The molecule has 1 atom stereocenters. The maximum atomic E-state index is 12.0. The third-order valence-electron chi connectivity index (χ3n) is 4.82. The summed E-state index contributed by atoms with van der Waals surface area (Å²) in [5, 5.41) is 6.33. The fourth-order valence-electron chi connectivity index (χ4n) is 3.53. The molecule has 2 heterocycles. The number of aryl methyl sites for hydroxylation is 1. The lowest BCUT2D eigenvalue weighted by atomic mass is 10.2. The van der Waals surface area contributed by atoms with Gasteiger partial charge in [0, 0.05) is 32.6 Å². The SMILES string of the molecule is CCNC(=NCCCc1nc2ccccc2[nH]1)N1CCC(NC(=O)OC(C)(C)C)C1.I. The number of rotatable bonds is 6. The maximum Gasteiger partial charge on any atom is 0.407 e. The second-order valence-corrected chi connectivity index (χ2v) is 8.62. The Kier molecular flexibility index (Phi) is 9.39. The number of hydrogen-bond donors (Lipinski definition) is 3. The van der Waals surface area contributed by atoms with E-state index in [0.717, 1.165) is 68.3 Å². The summed E-state index contributed by atoms with van der Waals surface area (Å²) in [4.78, 5) is 27.0. The summed E-state index contributed by atoms with van der Waals surface area (Å²) in [6.07, 6.45) is 2.30. The highest BCUT2D eigenvalue weighted by Gasteiger charge is 2.27. The molecule has 8 nitrogen and oxygen atoms in total. The van der Waals surface area contributed by atoms with Crippen molar-refractivity contribution in [3.8, 4) is 0 Å². The number of nitrogens with zero attached hydrogens (tertiary/aromatic N) is 3. The Bertz CT molecular complexity index is 843. The van der Waals surface area contributed by atoms with E-state index in [0.29, 0.717) is 0 Å². The summed E-state index contributed by atoms with van der Waals surface area (Å²) in [7, 11) is 0. The number of halogens is 1. The Morgan fingerprint density at radius 3 is 2.84 bits per heavy atom. The molecule has 1 unspecified atom stereocenters. The van der Waals surface area contributed by atoms with Gasteiger partial charge in [0.25, 0.3) is 0 Å². The maximum absolute atomic E-state index is 12.0. The van der Waals surface area contributed by atoms with E-state index in [1.807, 2.05) is 45.0 Å². The highest BCUT2D eigenvalue weighted by Crippen LogP contribution is 2.13. The molecule has 1 saturated heterocycles. The van der Waals surface area contributed by atoms with Crippen molar-refractivity contribution in [2.75, 3.05) is 26.2 Å². The second kappa shape index (κ2) is 11.5. The number of H-pyrrole nitrogens is 1. The van der Waals surface area contributed by atoms with Crippen LogP contribution in [0.5, 0.6) is 0 Å². The molecule has 1 aromatic heterocycles. The van der Waals surface area contributed by atoms with Gasteiger partial charge in [0.2, 0.25) is 0 Å². The van der Waals surface area contributed by atoms with Crippen molar-refractivity contribution in [3.05, 3.63) is 30.1 Å². The number of fused-ring (bicyclic) bond motifs is 1. The average molecular weight is 542 g/mol. The van der Waals surface area contributed by atoms with Gasteiger partial charge in [-0.2, -0.15) is 0 Å². The molecule has 0 radical (unpaired) electrons. The third-order valence-corrected chi connectivity index (χ3v) is 4.82. The first-order valence-electron chi connectivity index (χ1n) is 10.8. The minimum absolute atomic E-state index is 0. The number of guanidine groups is 1. The number of hydrogen-bond acceptors (Lipinski definition) is 4. The van der Waals surface area contributed by atoms with Crippen LogP contribution < -0.4 is 10.6 Å². The minimum atomic E-state index is -0.487. The van der Waals surface area contributed by atoms with Gasteiger partial charge in [0.05, 0.1) is 17.1 Å². The first-order chi connectivity index (χ1) is 14.3. The van der Waals surface area contributed by atoms with E-state index in [4.69, 9.17) is 9.73 Å². The number of carbonyl (C=O) groups excluding carboxylic acids is 1. The molecule has 0 saturated carbocycles. The van der Waals surface area contributed by atoms with Crippen molar-refractivity contribution in [2.24, 2.45) is 4.99 Å². The molecule has 9 heteroatoms. The van der Waals surface area contributed by atoms with Crippen molar-refractivity contribution in [2.45, 2.75) is 58.6 Å². The number of para-hydroxylation sites is 2. The normalized spacial score (nSPS) is 16.8. The van der Waals surface area contributed by atoms with Gasteiger partial charge in [-0.3, -0.25) is 4.99 Å². The highest BCUT2D eigenvalue weighted by molar-refractivity contribution is 14.0. The van der Waals surface area contributed by atoms with Crippen LogP contribution >= 0.6 is 24.0 Å². The van der Waals surface area contributed by atoms with Gasteiger partial charge >= 0.3 is 6.09 Å². The molecule has 0 spiro atoms. The van der Waals surface area contributed by atoms with Crippen LogP contribution in [0.2, 0.25) is 0 Å². The Labute approximate surface area is 201 Å². The fraction of sp³-hybridized carbons (Fsp3) is 0.591. The smallest absolute Gasteiger partial charge is 0.407 e. The number of aromatic amines is 1. The highest BCUT2D eigenvalue weighted by atomic mass is 127. The van der Waals surface area contributed by atoms with Gasteiger partial charge in [-0.15, -0.1) is 24.0 Å². The van der Waals surface area contributed by atoms with Crippen LogP contribution in [0.4, 0.5) is 4.79 Å². The summed E-state index contributed by atoms with van der Waals surface area (Å²) in [5.74, 6) is 1.90. The predicted molar refractivity (Wildman–Crippen MR) is 135 cm³/mol. The number of ether oxygens (including phenoxy) is 1. The molecule has 31 heavy (non-hydrogen) atoms. The number of imidazole rings is 1. The van der Waals surface area contributed by atoms with Crippen LogP contribution in [0, 0.1) is 0 Å². The van der Waals surface area contributed by atoms with E-state index in [1.54, 1.807) is 0 Å². The number of amides is 1. The summed E-state index contributed by atoms with van der Waals surface area (Å²) in [6, 6.07) is 8.15. The standard InChI is InChI=1S/C22H34N6O2.HI/c1-5-23-20(28-14-12-16(15-28)25-21(29)30-22(2,3)4)24-13-8-11-19-26-17-9-6-7-10-18(17)27-19;/h6-7,9-10,16H,5,8,11-15H2,1-4H3,(H,23,24)(H,25,29)(H,26,27);1H. The monoisotopic (exact) mass is 542 g/mol. The average Bonchev–Trinajstić information content (AvgIpc) is 3.29. The molecule has 0 aliphatic carbocycles. The van der Waals surface area contributed by atoms with Gasteiger partial charge in [-0.1, -0.05) is 12.1 Å². The Morgan fingerprint density at radius 2 is 2.13 bits per heavy atom. The van der Waals surface area contributed by atoms with Gasteiger partial charge in [0.15, 0.2) is 5.96 Å². The number of carbonyl (C=O) groups is 1. The van der Waals surface area contributed by atoms with Crippen LogP contribution in [0.15, 0.2) is 29.3 Å². The second-order valence-electron chi connectivity index (χ2n) is 8.62. The lowest BCUT2D eigenvalue weighted by Crippen LogP contribution is -2.44. The Morgan fingerprint density at radius 1 is 1.35 bits per heavy atom. The van der Waals surface area contributed by atoms with Crippen LogP contribution in [-0.2, 0) is 11.2 Å². The number of alkyl carbamates (subject to hydrolysis) is 1. The first-order valence-corrected chi connectivity index (χ1v) is 10.8. The number of aromatic nitrogens is 2. The van der Waals surface area contributed by atoms with Crippen LogP contribution in [-0.4, -0.2) is 64.7 Å². The van der Waals surface area contributed by atoms with Crippen molar-refractivity contribution in [1.82, 2.24) is 25.5 Å². The molecule has 172 valence electrons. The topological polar surface area (TPSA) is 94.6 Å². The van der Waals surface area contributed by atoms with E-state index in [9.17, 15) is 4.79 Å². The van der Waals surface area contributed by atoms with Gasteiger partial charge in [-0.05, 0) is 52.7 Å². The molecule has 3 N–H and O–H groups in total. The lowest BCUT2D eigenvalue weighted by molar-refractivity contribution is 0.0507. The molecular weight excluding hydrogens is 507 g/mol. The first kappa shape index (κ1) is 25.2. The molecule has 2 aromatic rings. The quantitative estimate of drug-likeness (QED) is 0.224. The van der Waals surface area contributed by atoms with Crippen molar-refractivity contribution < 1.29 is 9.53 Å². The molecule has 1 aliphatic heterocycles. The lowest BCUT2D eigenvalue weighted by Gasteiger charge is -2.23. The van der Waals surface area contributed by atoms with E-state index < -0.39 is 5.60 Å². The fourth-order valence-corrected chi connectivity index (χ4v) is 3.53. The third kappa shape index (κ3) is 7.86. The van der Waals surface area contributed by atoms with Crippen LogP contribution in [0.1, 0.15) is 46.4 Å². The van der Waals surface area contributed by atoms with Crippen molar-refractivity contribution in [1.29, 1.82) is 0 Å². The minimum Gasteiger partial charge on any atom is -0.444 e. The number of nitrogens with one attached hydrogen (secondary N) is 3. The van der Waals surface area contributed by atoms with Crippen molar-refractivity contribution >= 4 is 47.1 Å². The number of benzene rings is 1. The molecule has 1 amide bonds. The van der Waals surface area contributed by atoms with E-state index in [-0.39, 0.29) is 36.1 Å². The molecule has 1 fully saturated rings.